The molecule has 118 valence electrons. The van der Waals surface area contributed by atoms with Crippen molar-refractivity contribution in [3.8, 4) is 5.75 Å². The summed E-state index contributed by atoms with van der Waals surface area (Å²) in [5.74, 6) is 1.82. The molecule has 4 nitrogen and oxygen atoms in total. The van der Waals surface area contributed by atoms with E-state index < -0.39 is 0 Å². The highest BCUT2D eigenvalue weighted by atomic mass is 79.9. The zero-order valence-electron chi connectivity index (χ0n) is 12.1. The molecule has 0 spiro atoms. The molecule has 1 aliphatic carbocycles. The Kier molecular flexibility index (Phi) is 5.23. The van der Waals surface area contributed by atoms with Crippen molar-refractivity contribution >= 4 is 45.6 Å². The number of methoxy groups -OCH3 is 1. The molecule has 3 unspecified atom stereocenters. The second-order valence-electron chi connectivity index (χ2n) is 5.71. The van der Waals surface area contributed by atoms with E-state index in [0.717, 1.165) is 35.3 Å². The van der Waals surface area contributed by atoms with Gasteiger partial charge >= 0.3 is 0 Å². The Labute approximate surface area is 143 Å². The first-order chi connectivity index (χ1) is 9.52. The van der Waals surface area contributed by atoms with Gasteiger partial charge in [-0.1, -0.05) is 0 Å². The largest absolute Gasteiger partial charge is 0.494 e. The van der Waals surface area contributed by atoms with Gasteiger partial charge in [0.2, 0.25) is 0 Å². The van der Waals surface area contributed by atoms with Crippen molar-refractivity contribution in [1.29, 1.82) is 0 Å². The summed E-state index contributed by atoms with van der Waals surface area (Å²) in [4.78, 5) is 16.4. The monoisotopic (exact) mass is 394 g/mol. The molecule has 1 saturated carbocycles. The fourth-order valence-corrected chi connectivity index (χ4v) is 5.16. The molecule has 0 radical (unpaired) electrons. The Morgan fingerprint density at radius 2 is 2.14 bits per heavy atom. The van der Waals surface area contributed by atoms with Crippen LogP contribution >= 0.6 is 39.7 Å². The minimum absolute atomic E-state index is 0. The number of carbonyl (C=O) groups is 1. The predicted octanol–water partition coefficient (Wildman–Crippen LogP) is 3.06. The fourth-order valence-electron chi connectivity index (χ4n) is 3.44. The standard InChI is InChI=1S/C14H19BrN2O2S.ClH/c1-7-11(15)12(19-2)13(20-7)14(18)17-5-8-3-4-10(16)9(8)6-17;/h8-10H,3-6,16H2,1-2H3;1H. The molecule has 2 N–H and O–H groups in total. The number of hydrogen-bond acceptors (Lipinski definition) is 4. The van der Waals surface area contributed by atoms with Crippen LogP contribution in [-0.2, 0) is 0 Å². The van der Waals surface area contributed by atoms with E-state index in [2.05, 4.69) is 15.9 Å². The maximum Gasteiger partial charge on any atom is 0.267 e. The lowest BCUT2D eigenvalue weighted by Crippen LogP contribution is -2.33. The lowest BCUT2D eigenvalue weighted by atomic mass is 9.98. The average molecular weight is 396 g/mol. The number of ether oxygens (including phenoxy) is 1. The Morgan fingerprint density at radius 1 is 1.43 bits per heavy atom. The van der Waals surface area contributed by atoms with E-state index >= 15 is 0 Å². The van der Waals surface area contributed by atoms with Gasteiger partial charge in [-0.05, 0) is 47.5 Å². The summed E-state index contributed by atoms with van der Waals surface area (Å²) in [5, 5.41) is 0. The van der Waals surface area contributed by atoms with Crippen LogP contribution in [0.25, 0.3) is 0 Å². The molecule has 7 heteroatoms. The van der Waals surface area contributed by atoms with Gasteiger partial charge in [0.05, 0.1) is 11.6 Å². The van der Waals surface area contributed by atoms with Gasteiger partial charge in [-0.2, -0.15) is 0 Å². The Bertz CT molecular complexity index is 551. The molecule has 21 heavy (non-hydrogen) atoms. The quantitative estimate of drug-likeness (QED) is 0.837. The average Bonchev–Trinajstić information content (AvgIpc) is 3.06. The molecule has 1 aromatic heterocycles. The van der Waals surface area contributed by atoms with Gasteiger partial charge in [0.25, 0.3) is 5.91 Å². The molecule has 1 aliphatic heterocycles. The first kappa shape index (κ1) is 17.1. The molecule has 2 aliphatic rings. The first-order valence-electron chi connectivity index (χ1n) is 6.90. The highest BCUT2D eigenvalue weighted by Crippen LogP contribution is 2.42. The summed E-state index contributed by atoms with van der Waals surface area (Å²) in [6.07, 6.45) is 2.25. The Morgan fingerprint density at radius 3 is 2.76 bits per heavy atom. The molecule has 3 rings (SSSR count). The van der Waals surface area contributed by atoms with Crippen molar-refractivity contribution in [2.75, 3.05) is 20.2 Å². The number of fused-ring (bicyclic) bond motifs is 1. The minimum Gasteiger partial charge on any atom is -0.494 e. The summed E-state index contributed by atoms with van der Waals surface area (Å²) in [5.41, 5.74) is 6.14. The van der Waals surface area contributed by atoms with E-state index in [0.29, 0.717) is 22.5 Å². The summed E-state index contributed by atoms with van der Waals surface area (Å²) in [6.45, 7) is 3.62. The Hall–Kier alpha value is -0.300. The third-order valence-corrected chi connectivity index (χ3v) is 6.86. The highest BCUT2D eigenvalue weighted by Gasteiger charge is 2.43. The van der Waals surface area contributed by atoms with Gasteiger partial charge in [0.1, 0.15) is 4.88 Å². The van der Waals surface area contributed by atoms with Crippen molar-refractivity contribution in [2.45, 2.75) is 25.8 Å². The number of nitrogens with zero attached hydrogens (tertiary/aromatic N) is 1. The van der Waals surface area contributed by atoms with Crippen LogP contribution in [0.4, 0.5) is 0 Å². The van der Waals surface area contributed by atoms with Crippen molar-refractivity contribution in [1.82, 2.24) is 4.90 Å². The van der Waals surface area contributed by atoms with Crippen LogP contribution in [0.1, 0.15) is 27.4 Å². The number of thiophene rings is 1. The number of carbonyl (C=O) groups excluding carboxylic acids is 1. The Balaban J connectivity index is 0.00000161. The third kappa shape index (κ3) is 2.83. The smallest absolute Gasteiger partial charge is 0.267 e. The van der Waals surface area contributed by atoms with E-state index in [1.165, 1.54) is 11.3 Å². The lowest BCUT2D eigenvalue weighted by molar-refractivity contribution is 0.0781. The topological polar surface area (TPSA) is 55.6 Å². The third-order valence-electron chi connectivity index (χ3n) is 4.57. The molecule has 1 aromatic rings. The number of rotatable bonds is 2. The van der Waals surface area contributed by atoms with Gasteiger partial charge in [-0.25, -0.2) is 0 Å². The van der Waals surface area contributed by atoms with Gasteiger partial charge in [0.15, 0.2) is 5.75 Å². The molecule has 2 fully saturated rings. The summed E-state index contributed by atoms with van der Waals surface area (Å²) < 4.78 is 6.28. The van der Waals surface area contributed by atoms with Crippen LogP contribution in [0.15, 0.2) is 4.47 Å². The molecule has 1 saturated heterocycles. The van der Waals surface area contributed by atoms with E-state index in [-0.39, 0.29) is 24.4 Å². The molecule has 3 atom stereocenters. The minimum atomic E-state index is 0. The van der Waals surface area contributed by atoms with Gasteiger partial charge in [-0.15, -0.1) is 23.7 Å². The highest BCUT2D eigenvalue weighted by molar-refractivity contribution is 9.10. The summed E-state index contributed by atoms with van der Waals surface area (Å²) in [6, 6.07) is 0.261. The number of nitrogens with two attached hydrogens (primary N) is 1. The predicted molar refractivity (Wildman–Crippen MR) is 90.6 cm³/mol. The zero-order chi connectivity index (χ0) is 14.4. The number of likely N-dealkylation sites (tertiary alicyclic amines) is 1. The normalized spacial score (nSPS) is 27.4. The molecule has 2 heterocycles. The number of aryl methyl sites for hydroxylation is 1. The molecule has 1 amide bonds. The first-order valence-corrected chi connectivity index (χ1v) is 8.51. The number of hydrogen-bond donors (Lipinski definition) is 1. The van der Waals surface area contributed by atoms with E-state index in [1.807, 2.05) is 11.8 Å². The van der Waals surface area contributed by atoms with Crippen LogP contribution in [0.5, 0.6) is 5.75 Å². The molecular formula is C14H20BrClN2O2S. The lowest BCUT2D eigenvalue weighted by Gasteiger charge is -2.18. The van der Waals surface area contributed by atoms with Crippen LogP contribution in [0.3, 0.4) is 0 Å². The number of halogens is 2. The van der Waals surface area contributed by atoms with Gasteiger partial charge < -0.3 is 15.4 Å². The second kappa shape index (κ2) is 6.44. The maximum atomic E-state index is 12.7. The van der Waals surface area contributed by atoms with Crippen molar-refractivity contribution in [2.24, 2.45) is 17.6 Å². The van der Waals surface area contributed by atoms with E-state index in [1.54, 1.807) is 7.11 Å². The second-order valence-corrected chi connectivity index (χ2v) is 7.73. The molecular weight excluding hydrogens is 376 g/mol. The van der Waals surface area contributed by atoms with E-state index in [4.69, 9.17) is 10.5 Å². The fraction of sp³-hybridized carbons (Fsp3) is 0.643. The van der Waals surface area contributed by atoms with Crippen LogP contribution in [0, 0.1) is 18.8 Å². The van der Waals surface area contributed by atoms with Crippen molar-refractivity contribution in [3.63, 3.8) is 0 Å². The summed E-state index contributed by atoms with van der Waals surface area (Å²) >= 11 is 4.99. The molecule has 0 bridgehead atoms. The van der Waals surface area contributed by atoms with E-state index in [9.17, 15) is 4.79 Å². The zero-order valence-corrected chi connectivity index (χ0v) is 15.3. The van der Waals surface area contributed by atoms with Gasteiger partial charge in [-0.3, -0.25) is 4.79 Å². The molecule has 0 aromatic carbocycles. The van der Waals surface area contributed by atoms with Crippen LogP contribution in [0.2, 0.25) is 0 Å². The van der Waals surface area contributed by atoms with Crippen LogP contribution in [-0.4, -0.2) is 37.0 Å². The number of amides is 1. The van der Waals surface area contributed by atoms with Gasteiger partial charge in [0, 0.05) is 24.0 Å². The van der Waals surface area contributed by atoms with Crippen LogP contribution < -0.4 is 10.5 Å². The summed E-state index contributed by atoms with van der Waals surface area (Å²) in [7, 11) is 1.61. The van der Waals surface area contributed by atoms with Crippen molar-refractivity contribution in [3.05, 3.63) is 14.2 Å². The van der Waals surface area contributed by atoms with Crippen molar-refractivity contribution < 1.29 is 9.53 Å². The SMILES string of the molecule is COc1c(C(=O)N2CC3CCC(N)C3C2)sc(C)c1Br.Cl. The maximum absolute atomic E-state index is 12.7.